The molecule has 2 rings (SSSR count). The van der Waals surface area contributed by atoms with Crippen LogP contribution in [0.3, 0.4) is 0 Å². The highest BCUT2D eigenvalue weighted by atomic mass is 79.9. The molecule has 0 bridgehead atoms. The minimum atomic E-state index is 0.682. The van der Waals surface area contributed by atoms with Gasteiger partial charge >= 0.3 is 0 Å². The van der Waals surface area contributed by atoms with E-state index >= 15 is 0 Å². The van der Waals surface area contributed by atoms with Gasteiger partial charge in [0.05, 0.1) is 11.6 Å². The number of hydrogen-bond donors (Lipinski definition) is 2. The topological polar surface area (TPSA) is 47.9 Å². The molecule has 1 aliphatic rings. The molecule has 0 spiro atoms. The van der Waals surface area contributed by atoms with Gasteiger partial charge in [-0.05, 0) is 43.6 Å². The molecule has 1 fully saturated rings. The summed E-state index contributed by atoms with van der Waals surface area (Å²) in [6, 6.07) is 7.86. The smallest absolute Gasteiger partial charge is 0.0992 e. The Morgan fingerprint density at radius 1 is 1.50 bits per heavy atom. The lowest BCUT2D eigenvalue weighted by Crippen LogP contribution is -2.17. The van der Waals surface area contributed by atoms with Crippen LogP contribution in [0, 0.1) is 17.2 Å². The van der Waals surface area contributed by atoms with Crippen molar-refractivity contribution in [2.24, 2.45) is 5.92 Å². The van der Waals surface area contributed by atoms with Crippen molar-refractivity contribution in [2.45, 2.75) is 6.42 Å². The molecule has 1 aromatic carbocycles. The van der Waals surface area contributed by atoms with Crippen molar-refractivity contribution >= 4 is 21.6 Å². The Hall–Kier alpha value is -1.05. The first-order valence-corrected chi connectivity index (χ1v) is 6.22. The Labute approximate surface area is 104 Å². The molecule has 1 atom stereocenters. The van der Waals surface area contributed by atoms with Gasteiger partial charge in [-0.2, -0.15) is 5.26 Å². The number of nitrogens with one attached hydrogen (secondary N) is 2. The molecule has 4 heteroatoms. The van der Waals surface area contributed by atoms with Crippen molar-refractivity contribution in [3.05, 3.63) is 28.2 Å². The van der Waals surface area contributed by atoms with Crippen molar-refractivity contribution in [2.75, 3.05) is 25.0 Å². The third-order valence-corrected chi connectivity index (χ3v) is 3.24. The lowest BCUT2D eigenvalue weighted by Gasteiger charge is -2.11. The summed E-state index contributed by atoms with van der Waals surface area (Å²) in [5.74, 6) is 0.699. The molecule has 3 nitrogen and oxygen atoms in total. The van der Waals surface area contributed by atoms with E-state index in [4.69, 9.17) is 5.26 Å². The second-order valence-electron chi connectivity index (χ2n) is 4.08. The highest BCUT2D eigenvalue weighted by Crippen LogP contribution is 2.20. The van der Waals surface area contributed by atoms with Crippen molar-refractivity contribution in [3.8, 4) is 6.07 Å². The van der Waals surface area contributed by atoms with E-state index in [-0.39, 0.29) is 0 Å². The Balaban J connectivity index is 1.98. The molecule has 0 amide bonds. The van der Waals surface area contributed by atoms with Crippen molar-refractivity contribution in [1.29, 1.82) is 5.26 Å². The fourth-order valence-corrected chi connectivity index (χ4v) is 2.40. The number of benzene rings is 1. The Morgan fingerprint density at radius 2 is 2.38 bits per heavy atom. The summed E-state index contributed by atoms with van der Waals surface area (Å²) in [4.78, 5) is 0. The van der Waals surface area contributed by atoms with E-state index < -0.39 is 0 Å². The maximum absolute atomic E-state index is 8.86. The molecule has 1 unspecified atom stereocenters. The van der Waals surface area contributed by atoms with Crippen LogP contribution in [0.1, 0.15) is 12.0 Å². The van der Waals surface area contributed by atoms with Gasteiger partial charge in [-0.3, -0.25) is 0 Å². The van der Waals surface area contributed by atoms with E-state index in [9.17, 15) is 0 Å². The third kappa shape index (κ3) is 2.97. The zero-order chi connectivity index (χ0) is 11.4. The van der Waals surface area contributed by atoms with Crippen LogP contribution in [0.25, 0.3) is 0 Å². The number of nitriles is 1. The molecule has 1 heterocycles. The molecule has 0 aromatic heterocycles. The van der Waals surface area contributed by atoms with Gasteiger partial charge in [0.25, 0.3) is 0 Å². The number of rotatable bonds is 3. The van der Waals surface area contributed by atoms with E-state index in [1.54, 1.807) is 0 Å². The van der Waals surface area contributed by atoms with E-state index in [0.717, 1.165) is 29.8 Å². The summed E-state index contributed by atoms with van der Waals surface area (Å²) >= 11 is 3.40. The first kappa shape index (κ1) is 11.4. The quantitative estimate of drug-likeness (QED) is 0.893. The summed E-state index contributed by atoms with van der Waals surface area (Å²) in [7, 11) is 0. The maximum Gasteiger partial charge on any atom is 0.0992 e. The van der Waals surface area contributed by atoms with Gasteiger partial charge in [-0.25, -0.2) is 0 Å². The summed E-state index contributed by atoms with van der Waals surface area (Å²) in [5, 5.41) is 15.6. The normalized spacial score (nSPS) is 19.4. The molecule has 84 valence electrons. The van der Waals surface area contributed by atoms with E-state index in [1.165, 1.54) is 6.42 Å². The molecule has 0 saturated carbocycles. The SMILES string of the molecule is N#Cc1cc(Br)cc(NCC2CCNC2)c1. The second-order valence-corrected chi connectivity index (χ2v) is 5.00. The van der Waals surface area contributed by atoms with E-state index in [0.29, 0.717) is 11.5 Å². The fraction of sp³-hybridized carbons (Fsp3) is 0.417. The van der Waals surface area contributed by atoms with Crippen LogP contribution < -0.4 is 10.6 Å². The first-order chi connectivity index (χ1) is 7.78. The third-order valence-electron chi connectivity index (χ3n) is 2.78. The predicted molar refractivity (Wildman–Crippen MR) is 68.3 cm³/mol. The van der Waals surface area contributed by atoms with Gasteiger partial charge < -0.3 is 10.6 Å². The summed E-state index contributed by atoms with van der Waals surface area (Å²) in [6.07, 6.45) is 1.23. The number of hydrogen-bond acceptors (Lipinski definition) is 3. The van der Waals surface area contributed by atoms with Crippen LogP contribution in [0.5, 0.6) is 0 Å². The van der Waals surface area contributed by atoms with Gasteiger partial charge in [-0.1, -0.05) is 15.9 Å². The summed E-state index contributed by atoms with van der Waals surface area (Å²) < 4.78 is 0.943. The average molecular weight is 280 g/mol. The molecule has 16 heavy (non-hydrogen) atoms. The Bertz CT molecular complexity index is 405. The largest absolute Gasteiger partial charge is 0.385 e. The molecule has 1 saturated heterocycles. The van der Waals surface area contributed by atoms with Gasteiger partial charge in [0.2, 0.25) is 0 Å². The molecular weight excluding hydrogens is 266 g/mol. The average Bonchev–Trinajstić information content (AvgIpc) is 2.78. The number of anilines is 1. The monoisotopic (exact) mass is 279 g/mol. The minimum absolute atomic E-state index is 0.682. The van der Waals surface area contributed by atoms with Crippen LogP contribution in [-0.4, -0.2) is 19.6 Å². The van der Waals surface area contributed by atoms with Gasteiger partial charge in [0.1, 0.15) is 0 Å². The zero-order valence-electron chi connectivity index (χ0n) is 8.96. The lowest BCUT2D eigenvalue weighted by atomic mass is 10.1. The van der Waals surface area contributed by atoms with Crippen LogP contribution in [-0.2, 0) is 0 Å². The van der Waals surface area contributed by atoms with Gasteiger partial charge in [-0.15, -0.1) is 0 Å². The molecular formula is C12H14BrN3. The Morgan fingerprint density at radius 3 is 3.06 bits per heavy atom. The maximum atomic E-state index is 8.86. The van der Waals surface area contributed by atoms with Crippen LogP contribution in [0.2, 0.25) is 0 Å². The second kappa shape index (κ2) is 5.33. The van der Waals surface area contributed by atoms with Gasteiger partial charge in [0.15, 0.2) is 0 Å². The predicted octanol–water partition coefficient (Wildman–Crippen LogP) is 2.34. The molecule has 1 aliphatic heterocycles. The van der Waals surface area contributed by atoms with Crippen LogP contribution >= 0.6 is 15.9 Å². The van der Waals surface area contributed by atoms with Crippen molar-refractivity contribution in [3.63, 3.8) is 0 Å². The van der Waals surface area contributed by atoms with E-state index in [2.05, 4.69) is 32.6 Å². The Kier molecular flexibility index (Phi) is 3.81. The highest BCUT2D eigenvalue weighted by Gasteiger charge is 2.13. The number of nitrogens with zero attached hydrogens (tertiary/aromatic N) is 1. The summed E-state index contributed by atoms with van der Waals surface area (Å²) in [6.45, 7) is 3.18. The highest BCUT2D eigenvalue weighted by molar-refractivity contribution is 9.10. The van der Waals surface area contributed by atoms with Crippen LogP contribution in [0.4, 0.5) is 5.69 Å². The van der Waals surface area contributed by atoms with Crippen molar-refractivity contribution < 1.29 is 0 Å². The lowest BCUT2D eigenvalue weighted by molar-refractivity contribution is 0.615. The minimum Gasteiger partial charge on any atom is -0.385 e. The zero-order valence-corrected chi connectivity index (χ0v) is 10.5. The molecule has 0 radical (unpaired) electrons. The fourth-order valence-electron chi connectivity index (χ4n) is 1.91. The molecule has 0 aliphatic carbocycles. The molecule has 2 N–H and O–H groups in total. The molecule has 1 aromatic rings. The van der Waals surface area contributed by atoms with E-state index in [1.807, 2.05) is 18.2 Å². The van der Waals surface area contributed by atoms with Gasteiger partial charge in [0, 0.05) is 16.7 Å². The van der Waals surface area contributed by atoms with Crippen LogP contribution in [0.15, 0.2) is 22.7 Å². The van der Waals surface area contributed by atoms with Crippen molar-refractivity contribution in [1.82, 2.24) is 5.32 Å². The first-order valence-electron chi connectivity index (χ1n) is 5.43. The number of halogens is 1. The summed E-state index contributed by atoms with van der Waals surface area (Å²) in [5.41, 5.74) is 1.69. The standard InChI is InChI=1S/C12H14BrN3/c13-11-3-10(6-14)4-12(5-11)16-8-9-1-2-15-7-9/h3-5,9,15-16H,1-2,7-8H2.